The van der Waals surface area contributed by atoms with E-state index in [1.807, 2.05) is 0 Å². The molecule has 0 amide bonds. The first-order valence-electron chi connectivity index (χ1n) is 6.24. The number of hydrogen-bond donors (Lipinski definition) is 2. The molecule has 1 unspecified atom stereocenters. The van der Waals surface area contributed by atoms with E-state index in [0.717, 1.165) is 6.54 Å². The minimum Gasteiger partial charge on any atom is -0.381 e. The van der Waals surface area contributed by atoms with Gasteiger partial charge >= 0.3 is 0 Å². The monoisotopic (exact) mass is 218 g/mol. The Bertz CT molecular complexity index is 358. The van der Waals surface area contributed by atoms with Crippen LogP contribution in [0, 0.1) is 6.92 Å². The Balaban J connectivity index is 1.99. The molecule has 1 atom stereocenters. The summed E-state index contributed by atoms with van der Waals surface area (Å²) in [6.07, 6.45) is 2.43. The van der Waals surface area contributed by atoms with Gasteiger partial charge in [0, 0.05) is 24.3 Å². The average Bonchev–Trinajstić information content (AvgIpc) is 2.25. The quantitative estimate of drug-likeness (QED) is 0.815. The standard InChI is InChI=1S/C14H22N2/c1-10(2)15-9-13-7-6-12-5-4-11(3)8-14(12)16-13/h4-5,8,10,13,15-16H,6-7,9H2,1-3H3. The summed E-state index contributed by atoms with van der Waals surface area (Å²) in [4.78, 5) is 0. The summed E-state index contributed by atoms with van der Waals surface area (Å²) in [5.74, 6) is 0. The fourth-order valence-electron chi connectivity index (χ4n) is 2.20. The van der Waals surface area contributed by atoms with Crippen LogP contribution in [0.5, 0.6) is 0 Å². The highest BCUT2D eigenvalue weighted by Crippen LogP contribution is 2.25. The molecule has 2 rings (SSSR count). The Morgan fingerprint density at radius 1 is 1.44 bits per heavy atom. The highest BCUT2D eigenvalue weighted by molar-refractivity contribution is 5.55. The molecule has 0 bridgehead atoms. The van der Waals surface area contributed by atoms with Gasteiger partial charge in [-0.25, -0.2) is 0 Å². The minimum absolute atomic E-state index is 0.570. The highest BCUT2D eigenvalue weighted by Gasteiger charge is 2.17. The van der Waals surface area contributed by atoms with Gasteiger partial charge < -0.3 is 10.6 Å². The Morgan fingerprint density at radius 3 is 3.00 bits per heavy atom. The van der Waals surface area contributed by atoms with Crippen molar-refractivity contribution < 1.29 is 0 Å². The fraction of sp³-hybridized carbons (Fsp3) is 0.571. The van der Waals surface area contributed by atoms with Crippen molar-refractivity contribution in [1.29, 1.82) is 0 Å². The number of aryl methyl sites for hydroxylation is 2. The third kappa shape index (κ3) is 2.76. The van der Waals surface area contributed by atoms with Gasteiger partial charge in [0.1, 0.15) is 0 Å². The molecule has 2 N–H and O–H groups in total. The second-order valence-electron chi connectivity index (χ2n) is 5.10. The lowest BCUT2D eigenvalue weighted by molar-refractivity contribution is 0.516. The van der Waals surface area contributed by atoms with Gasteiger partial charge in [0.15, 0.2) is 0 Å². The van der Waals surface area contributed by atoms with Crippen LogP contribution in [0.4, 0.5) is 5.69 Å². The lowest BCUT2D eigenvalue weighted by Crippen LogP contribution is -2.38. The molecule has 0 fully saturated rings. The first kappa shape index (κ1) is 11.5. The molecule has 0 spiro atoms. The van der Waals surface area contributed by atoms with E-state index in [1.165, 1.54) is 29.7 Å². The maximum atomic E-state index is 3.63. The van der Waals surface area contributed by atoms with Crippen molar-refractivity contribution >= 4 is 5.69 Å². The summed E-state index contributed by atoms with van der Waals surface area (Å²) in [5, 5.41) is 7.13. The maximum Gasteiger partial charge on any atom is 0.0389 e. The van der Waals surface area contributed by atoms with Gasteiger partial charge in [-0.1, -0.05) is 26.0 Å². The van der Waals surface area contributed by atoms with Crippen LogP contribution in [0.15, 0.2) is 18.2 Å². The molecular formula is C14H22N2. The van der Waals surface area contributed by atoms with Crippen LogP contribution in [0.2, 0.25) is 0 Å². The number of benzene rings is 1. The molecular weight excluding hydrogens is 196 g/mol. The van der Waals surface area contributed by atoms with E-state index in [4.69, 9.17) is 0 Å². The predicted octanol–water partition coefficient (Wildman–Crippen LogP) is 2.72. The molecule has 2 nitrogen and oxygen atoms in total. The smallest absolute Gasteiger partial charge is 0.0389 e. The summed E-state index contributed by atoms with van der Waals surface area (Å²) in [5.41, 5.74) is 4.14. The van der Waals surface area contributed by atoms with E-state index >= 15 is 0 Å². The molecule has 0 aliphatic carbocycles. The van der Waals surface area contributed by atoms with Crippen molar-refractivity contribution in [1.82, 2.24) is 5.32 Å². The van der Waals surface area contributed by atoms with Crippen molar-refractivity contribution in [3.8, 4) is 0 Å². The molecule has 0 saturated heterocycles. The van der Waals surface area contributed by atoms with Gasteiger partial charge in [-0.3, -0.25) is 0 Å². The molecule has 88 valence electrons. The molecule has 1 aromatic carbocycles. The van der Waals surface area contributed by atoms with Crippen molar-refractivity contribution in [2.45, 2.75) is 45.7 Å². The maximum absolute atomic E-state index is 3.63. The van der Waals surface area contributed by atoms with Crippen LogP contribution in [0.3, 0.4) is 0 Å². The third-order valence-corrected chi connectivity index (χ3v) is 3.16. The van der Waals surface area contributed by atoms with Crippen molar-refractivity contribution in [2.24, 2.45) is 0 Å². The fourth-order valence-corrected chi connectivity index (χ4v) is 2.20. The zero-order chi connectivity index (χ0) is 11.5. The van der Waals surface area contributed by atoms with Crippen molar-refractivity contribution in [3.05, 3.63) is 29.3 Å². The summed E-state index contributed by atoms with van der Waals surface area (Å²) in [6, 6.07) is 7.87. The van der Waals surface area contributed by atoms with E-state index < -0.39 is 0 Å². The van der Waals surface area contributed by atoms with E-state index in [0.29, 0.717) is 12.1 Å². The van der Waals surface area contributed by atoms with Crippen molar-refractivity contribution in [2.75, 3.05) is 11.9 Å². The summed E-state index contributed by atoms with van der Waals surface area (Å²) in [7, 11) is 0. The number of nitrogens with one attached hydrogen (secondary N) is 2. The van der Waals surface area contributed by atoms with Gasteiger partial charge in [-0.05, 0) is 37.0 Å². The Labute approximate surface area is 98.4 Å². The summed E-state index contributed by atoms with van der Waals surface area (Å²) in [6.45, 7) is 7.60. The normalized spacial score (nSPS) is 19.4. The van der Waals surface area contributed by atoms with Crippen LogP contribution < -0.4 is 10.6 Å². The summed E-state index contributed by atoms with van der Waals surface area (Å²) >= 11 is 0. The number of anilines is 1. The third-order valence-electron chi connectivity index (χ3n) is 3.16. The number of fused-ring (bicyclic) bond motifs is 1. The van der Waals surface area contributed by atoms with Gasteiger partial charge in [0.2, 0.25) is 0 Å². The van der Waals surface area contributed by atoms with Gasteiger partial charge in [-0.15, -0.1) is 0 Å². The van der Waals surface area contributed by atoms with E-state index in [-0.39, 0.29) is 0 Å². The molecule has 0 aromatic heterocycles. The first-order valence-corrected chi connectivity index (χ1v) is 6.24. The largest absolute Gasteiger partial charge is 0.381 e. The first-order chi connectivity index (χ1) is 7.65. The minimum atomic E-state index is 0.570. The Hall–Kier alpha value is -1.02. The van der Waals surface area contributed by atoms with Gasteiger partial charge in [0.25, 0.3) is 0 Å². The van der Waals surface area contributed by atoms with E-state index in [2.05, 4.69) is 49.6 Å². The zero-order valence-electron chi connectivity index (χ0n) is 10.5. The van der Waals surface area contributed by atoms with Crippen LogP contribution in [0.25, 0.3) is 0 Å². The molecule has 16 heavy (non-hydrogen) atoms. The lowest BCUT2D eigenvalue weighted by atomic mass is 9.97. The second kappa shape index (κ2) is 4.88. The molecule has 1 heterocycles. The Kier molecular flexibility index (Phi) is 3.49. The van der Waals surface area contributed by atoms with Gasteiger partial charge in [0.05, 0.1) is 0 Å². The zero-order valence-corrected chi connectivity index (χ0v) is 10.5. The molecule has 1 aromatic rings. The van der Waals surface area contributed by atoms with E-state index in [9.17, 15) is 0 Å². The molecule has 0 radical (unpaired) electrons. The van der Waals surface area contributed by atoms with E-state index in [1.54, 1.807) is 0 Å². The number of rotatable bonds is 3. The molecule has 0 saturated carbocycles. The van der Waals surface area contributed by atoms with Gasteiger partial charge in [-0.2, -0.15) is 0 Å². The number of hydrogen-bond acceptors (Lipinski definition) is 2. The lowest BCUT2D eigenvalue weighted by Gasteiger charge is -2.28. The second-order valence-corrected chi connectivity index (χ2v) is 5.10. The molecule has 1 aliphatic heterocycles. The van der Waals surface area contributed by atoms with Crippen LogP contribution >= 0.6 is 0 Å². The van der Waals surface area contributed by atoms with Crippen LogP contribution in [-0.2, 0) is 6.42 Å². The Morgan fingerprint density at radius 2 is 2.25 bits per heavy atom. The average molecular weight is 218 g/mol. The van der Waals surface area contributed by atoms with Crippen LogP contribution in [-0.4, -0.2) is 18.6 Å². The molecule has 1 aliphatic rings. The van der Waals surface area contributed by atoms with Crippen LogP contribution in [0.1, 0.15) is 31.4 Å². The van der Waals surface area contributed by atoms with Crippen molar-refractivity contribution in [3.63, 3.8) is 0 Å². The topological polar surface area (TPSA) is 24.1 Å². The predicted molar refractivity (Wildman–Crippen MR) is 70.0 cm³/mol. The summed E-state index contributed by atoms with van der Waals surface area (Å²) < 4.78 is 0. The highest BCUT2D eigenvalue weighted by atomic mass is 15.0. The molecule has 2 heteroatoms. The SMILES string of the molecule is Cc1ccc2c(c1)NC(CNC(C)C)CC2.